The van der Waals surface area contributed by atoms with Crippen LogP contribution in [0.5, 0.6) is 11.5 Å². The highest BCUT2D eigenvalue weighted by atomic mass is 32.1. The van der Waals surface area contributed by atoms with Crippen LogP contribution >= 0.6 is 11.3 Å². The smallest absolute Gasteiger partial charge is 0.206 e. The van der Waals surface area contributed by atoms with Gasteiger partial charge >= 0.3 is 0 Å². The van der Waals surface area contributed by atoms with E-state index in [-0.39, 0.29) is 0 Å². The minimum absolute atomic E-state index is 0.738. The molecule has 26 heavy (non-hydrogen) atoms. The lowest BCUT2D eigenvalue weighted by atomic mass is 9.90. The van der Waals surface area contributed by atoms with Gasteiger partial charge in [0.1, 0.15) is 11.5 Å². The molecule has 0 spiro atoms. The van der Waals surface area contributed by atoms with Crippen molar-refractivity contribution in [2.45, 2.75) is 39.5 Å². The summed E-state index contributed by atoms with van der Waals surface area (Å²) in [4.78, 5) is 5.55. The number of nitrogens with zero attached hydrogens (tertiary/aromatic N) is 3. The molecule has 1 aliphatic rings. The number of benzene rings is 1. The van der Waals surface area contributed by atoms with Gasteiger partial charge in [0.15, 0.2) is 0 Å². The minimum atomic E-state index is 0.738. The Labute approximate surface area is 159 Å². The molecule has 0 radical (unpaired) electrons. The van der Waals surface area contributed by atoms with Crippen molar-refractivity contribution in [2.75, 3.05) is 20.8 Å². The number of hydrogen-bond donors (Lipinski definition) is 0. The lowest BCUT2D eigenvalue weighted by Crippen LogP contribution is -2.18. The maximum absolute atomic E-state index is 5.60. The van der Waals surface area contributed by atoms with Crippen molar-refractivity contribution in [3.8, 4) is 22.8 Å². The van der Waals surface area contributed by atoms with Gasteiger partial charge in [0.25, 0.3) is 0 Å². The Hall–Kier alpha value is -2.08. The van der Waals surface area contributed by atoms with E-state index in [2.05, 4.69) is 17.3 Å². The molecule has 0 bridgehead atoms. The third-order valence-corrected chi connectivity index (χ3v) is 5.61. The summed E-state index contributed by atoms with van der Waals surface area (Å²) in [5.41, 5.74) is 3.26. The molecule has 0 unspecified atom stereocenters. The number of aromatic nitrogens is 1. The number of methoxy groups -OCH3 is 2. The number of hydrogen-bond acceptors (Lipinski definition) is 5. The van der Waals surface area contributed by atoms with Gasteiger partial charge in [-0.3, -0.25) is 4.99 Å². The summed E-state index contributed by atoms with van der Waals surface area (Å²) in [6.45, 7) is 5.11. The number of thiazole rings is 1. The van der Waals surface area contributed by atoms with Gasteiger partial charge < -0.3 is 9.47 Å². The average Bonchev–Trinajstić information content (AvgIpc) is 3.05. The lowest BCUT2D eigenvalue weighted by molar-refractivity contribution is 0.395. The summed E-state index contributed by atoms with van der Waals surface area (Å²) < 4.78 is 12.9. The highest BCUT2D eigenvalue weighted by molar-refractivity contribution is 7.07. The summed E-state index contributed by atoms with van der Waals surface area (Å²) in [5.74, 6) is 2.34. The van der Waals surface area contributed by atoms with Crippen molar-refractivity contribution in [1.29, 1.82) is 0 Å². The van der Waals surface area contributed by atoms with Crippen LogP contribution in [0, 0.1) is 5.92 Å². The Morgan fingerprint density at radius 2 is 1.96 bits per heavy atom. The molecule has 0 saturated heterocycles. The largest absolute Gasteiger partial charge is 0.497 e. The monoisotopic (exact) mass is 373 g/mol. The van der Waals surface area contributed by atoms with Gasteiger partial charge in [0, 0.05) is 29.3 Å². The van der Waals surface area contributed by atoms with E-state index in [1.807, 2.05) is 29.8 Å². The average molecular weight is 374 g/mol. The van der Waals surface area contributed by atoms with Crippen molar-refractivity contribution in [2.24, 2.45) is 16.0 Å². The molecule has 1 aromatic carbocycles. The molecule has 6 heteroatoms. The zero-order valence-corrected chi connectivity index (χ0v) is 16.8. The maximum atomic E-state index is 5.60. The Balaban J connectivity index is 2.09. The summed E-state index contributed by atoms with van der Waals surface area (Å²) >= 11 is 1.62. The Bertz CT molecular complexity index is 841. The van der Waals surface area contributed by atoms with Gasteiger partial charge in [0.05, 0.1) is 19.9 Å². The highest BCUT2D eigenvalue weighted by Crippen LogP contribution is 2.34. The van der Waals surface area contributed by atoms with E-state index in [1.54, 1.807) is 25.6 Å². The maximum Gasteiger partial charge on any atom is 0.206 e. The van der Waals surface area contributed by atoms with Crippen LogP contribution in [0.3, 0.4) is 0 Å². The molecule has 1 heterocycles. The van der Waals surface area contributed by atoms with E-state index < -0.39 is 0 Å². The normalized spacial score (nSPS) is 18.1. The molecule has 140 valence electrons. The van der Waals surface area contributed by atoms with Gasteiger partial charge in [0.2, 0.25) is 4.80 Å². The van der Waals surface area contributed by atoms with E-state index in [9.17, 15) is 0 Å². The molecule has 1 aromatic heterocycles. The van der Waals surface area contributed by atoms with Gasteiger partial charge in [-0.05, 0) is 50.7 Å². The molecular formula is C20H27N3O2S. The lowest BCUT2D eigenvalue weighted by Gasteiger charge is -2.19. The first-order valence-electron chi connectivity index (χ1n) is 9.16. The molecule has 1 saturated carbocycles. The van der Waals surface area contributed by atoms with Gasteiger partial charge in [-0.1, -0.05) is 6.92 Å². The predicted molar refractivity (Wildman–Crippen MR) is 107 cm³/mol. The zero-order chi connectivity index (χ0) is 18.5. The van der Waals surface area contributed by atoms with Crippen LogP contribution in [0.4, 0.5) is 0 Å². The second-order valence-corrected chi connectivity index (χ2v) is 7.44. The fourth-order valence-electron chi connectivity index (χ4n) is 3.17. The molecule has 3 rings (SSSR count). The van der Waals surface area contributed by atoms with Crippen LogP contribution in [-0.4, -0.2) is 31.2 Å². The Morgan fingerprint density at radius 3 is 2.62 bits per heavy atom. The van der Waals surface area contributed by atoms with Crippen LogP contribution in [0.25, 0.3) is 11.3 Å². The number of ether oxygens (including phenoxy) is 2. The Morgan fingerprint density at radius 1 is 1.19 bits per heavy atom. The van der Waals surface area contributed by atoms with Gasteiger partial charge in [-0.25, -0.2) is 4.68 Å². The predicted octanol–water partition coefficient (Wildman–Crippen LogP) is 4.57. The van der Waals surface area contributed by atoms with Crippen LogP contribution in [-0.2, 0) is 0 Å². The second-order valence-electron chi connectivity index (χ2n) is 6.60. The summed E-state index contributed by atoms with van der Waals surface area (Å²) in [5, 5.41) is 7.09. The zero-order valence-electron chi connectivity index (χ0n) is 16.0. The SMILES string of the molecule is CCN=c1scc(-c2ccc(OC)cc2OC)n1N=C1CCC(C)CC1. The van der Waals surface area contributed by atoms with Gasteiger partial charge in [-0.15, -0.1) is 11.3 Å². The topological polar surface area (TPSA) is 48.1 Å². The van der Waals surface area contributed by atoms with Crippen molar-refractivity contribution >= 4 is 17.0 Å². The molecule has 2 aromatic rings. The van der Waals surface area contributed by atoms with E-state index in [0.29, 0.717) is 0 Å². The second kappa shape index (κ2) is 8.54. The molecular weight excluding hydrogens is 346 g/mol. The molecule has 0 amide bonds. The minimum Gasteiger partial charge on any atom is -0.497 e. The van der Waals surface area contributed by atoms with Crippen molar-refractivity contribution in [3.63, 3.8) is 0 Å². The Kier molecular flexibility index (Phi) is 6.14. The molecule has 0 N–H and O–H groups in total. The van der Waals surface area contributed by atoms with Crippen molar-refractivity contribution in [1.82, 2.24) is 4.68 Å². The van der Waals surface area contributed by atoms with E-state index >= 15 is 0 Å². The number of rotatable bonds is 5. The summed E-state index contributed by atoms with van der Waals surface area (Å²) in [7, 11) is 3.34. The van der Waals surface area contributed by atoms with E-state index in [0.717, 1.165) is 52.9 Å². The van der Waals surface area contributed by atoms with E-state index in [1.165, 1.54) is 18.6 Å². The first-order valence-corrected chi connectivity index (χ1v) is 10.0. The third-order valence-electron chi connectivity index (χ3n) is 4.76. The first-order chi connectivity index (χ1) is 12.7. The van der Waals surface area contributed by atoms with Gasteiger partial charge in [-0.2, -0.15) is 5.10 Å². The van der Waals surface area contributed by atoms with Crippen molar-refractivity contribution < 1.29 is 9.47 Å². The van der Waals surface area contributed by atoms with E-state index in [4.69, 9.17) is 14.6 Å². The molecule has 1 aliphatic carbocycles. The van der Waals surface area contributed by atoms with Crippen LogP contribution in [0.1, 0.15) is 39.5 Å². The summed E-state index contributed by atoms with van der Waals surface area (Å²) in [6.07, 6.45) is 4.56. The molecule has 0 aliphatic heterocycles. The quantitative estimate of drug-likeness (QED) is 0.771. The first kappa shape index (κ1) is 18.7. The van der Waals surface area contributed by atoms with Crippen LogP contribution in [0.2, 0.25) is 0 Å². The van der Waals surface area contributed by atoms with Crippen molar-refractivity contribution in [3.05, 3.63) is 28.4 Å². The fourth-order valence-corrected chi connectivity index (χ4v) is 4.06. The standard InChI is InChI=1S/C20H27N3O2S/c1-5-21-20-23(22-15-8-6-14(2)7-9-15)18(13-26-20)17-11-10-16(24-3)12-19(17)25-4/h10-14H,5-9H2,1-4H3. The molecule has 1 fully saturated rings. The third kappa shape index (κ3) is 4.01. The fraction of sp³-hybridized carbons (Fsp3) is 0.500. The highest BCUT2D eigenvalue weighted by Gasteiger charge is 2.17. The van der Waals surface area contributed by atoms with Crippen LogP contribution < -0.4 is 14.3 Å². The summed E-state index contributed by atoms with van der Waals surface area (Å²) in [6, 6.07) is 5.88. The molecule has 0 atom stereocenters. The van der Waals surface area contributed by atoms with Crippen LogP contribution in [0.15, 0.2) is 33.7 Å². The molecule has 5 nitrogen and oxygen atoms in total.